The highest BCUT2D eigenvalue weighted by Crippen LogP contribution is 2.20. The van der Waals surface area contributed by atoms with E-state index in [0.29, 0.717) is 13.0 Å². The van der Waals surface area contributed by atoms with Gasteiger partial charge in [0.05, 0.1) is 6.42 Å². The van der Waals surface area contributed by atoms with E-state index in [1.807, 2.05) is 13.8 Å². The van der Waals surface area contributed by atoms with Crippen LogP contribution in [0.5, 0.6) is 0 Å². The Hall–Kier alpha value is -1.13. The molecular formula is C14H19ClFNO2. The number of rotatable bonds is 6. The quantitative estimate of drug-likeness (QED) is 0.845. The Morgan fingerprint density at radius 3 is 2.74 bits per heavy atom. The zero-order valence-electron chi connectivity index (χ0n) is 11.2. The van der Waals surface area contributed by atoms with Gasteiger partial charge in [0.2, 0.25) is 5.91 Å². The maximum atomic E-state index is 13.5. The van der Waals surface area contributed by atoms with Crippen molar-refractivity contribution in [2.45, 2.75) is 26.7 Å². The van der Waals surface area contributed by atoms with Crippen LogP contribution in [0.15, 0.2) is 18.2 Å². The second-order valence-corrected chi connectivity index (χ2v) is 5.70. The van der Waals surface area contributed by atoms with Crippen molar-refractivity contribution in [3.05, 3.63) is 34.6 Å². The first-order valence-electron chi connectivity index (χ1n) is 6.16. The van der Waals surface area contributed by atoms with Crippen LogP contribution in [0.2, 0.25) is 5.02 Å². The smallest absolute Gasteiger partial charge is 0.224 e. The number of amides is 1. The highest BCUT2D eigenvalue weighted by molar-refractivity contribution is 6.31. The van der Waals surface area contributed by atoms with Crippen molar-refractivity contribution >= 4 is 17.5 Å². The van der Waals surface area contributed by atoms with Crippen LogP contribution in [0.3, 0.4) is 0 Å². The molecule has 0 spiro atoms. The molecule has 0 aliphatic rings. The maximum Gasteiger partial charge on any atom is 0.224 e. The number of nitrogens with one attached hydrogen (secondary N) is 1. The Kier molecular flexibility index (Phi) is 5.76. The lowest BCUT2D eigenvalue weighted by Crippen LogP contribution is -2.35. The van der Waals surface area contributed by atoms with Crippen molar-refractivity contribution in [1.82, 2.24) is 5.32 Å². The van der Waals surface area contributed by atoms with Gasteiger partial charge in [0.15, 0.2) is 0 Å². The Labute approximate surface area is 117 Å². The normalized spacial score (nSPS) is 11.4. The van der Waals surface area contributed by atoms with E-state index in [0.717, 1.165) is 0 Å². The fourth-order valence-electron chi connectivity index (χ4n) is 1.65. The summed E-state index contributed by atoms with van der Waals surface area (Å²) in [4.78, 5) is 11.8. The summed E-state index contributed by atoms with van der Waals surface area (Å²) in [6, 6.07) is 4.34. The highest BCUT2D eigenvalue weighted by Gasteiger charge is 2.19. The summed E-state index contributed by atoms with van der Waals surface area (Å²) in [7, 11) is 0. The van der Waals surface area contributed by atoms with Crippen LogP contribution in [-0.4, -0.2) is 24.2 Å². The fourth-order valence-corrected chi connectivity index (χ4v) is 1.88. The molecule has 1 amide bonds. The van der Waals surface area contributed by atoms with E-state index in [4.69, 9.17) is 16.7 Å². The first-order valence-corrected chi connectivity index (χ1v) is 6.54. The molecule has 2 N–H and O–H groups in total. The predicted molar refractivity (Wildman–Crippen MR) is 73.6 cm³/mol. The van der Waals surface area contributed by atoms with E-state index >= 15 is 0 Å². The van der Waals surface area contributed by atoms with Gasteiger partial charge in [-0.2, -0.15) is 0 Å². The van der Waals surface area contributed by atoms with Crippen molar-refractivity contribution in [3.8, 4) is 0 Å². The number of carbonyl (C=O) groups is 1. The number of benzene rings is 1. The summed E-state index contributed by atoms with van der Waals surface area (Å²) in [6.07, 6.45) is 0.508. The lowest BCUT2D eigenvalue weighted by Gasteiger charge is -2.23. The first-order chi connectivity index (χ1) is 8.85. The second kappa shape index (κ2) is 6.87. The average Bonchev–Trinajstić information content (AvgIpc) is 2.32. The molecule has 0 aliphatic carbocycles. The first kappa shape index (κ1) is 15.9. The molecule has 0 bridgehead atoms. The minimum atomic E-state index is -0.475. The molecule has 0 radical (unpaired) electrons. The van der Waals surface area contributed by atoms with E-state index in [-0.39, 0.29) is 34.9 Å². The lowest BCUT2D eigenvalue weighted by molar-refractivity contribution is -0.121. The standard InChI is InChI=1S/C14H19ClFNO2/c1-14(2,6-7-18)9-17-13(19)8-10-11(15)4-3-5-12(10)16/h3-5,18H,6-9H2,1-2H3,(H,17,19). The van der Waals surface area contributed by atoms with Gasteiger partial charge in [-0.3, -0.25) is 4.79 Å². The minimum Gasteiger partial charge on any atom is -0.396 e. The summed E-state index contributed by atoms with van der Waals surface area (Å²) in [5.41, 5.74) is 0.0188. The van der Waals surface area contributed by atoms with E-state index in [1.165, 1.54) is 12.1 Å². The third kappa shape index (κ3) is 5.17. The van der Waals surface area contributed by atoms with Crippen LogP contribution in [0.4, 0.5) is 4.39 Å². The Bertz CT molecular complexity index is 429. The number of halogens is 2. The third-order valence-electron chi connectivity index (χ3n) is 2.95. The van der Waals surface area contributed by atoms with Gasteiger partial charge in [-0.15, -0.1) is 0 Å². The summed E-state index contributed by atoms with van der Waals surface area (Å²) in [5, 5.41) is 11.9. The van der Waals surface area contributed by atoms with Gasteiger partial charge >= 0.3 is 0 Å². The van der Waals surface area contributed by atoms with Crippen LogP contribution in [-0.2, 0) is 11.2 Å². The molecule has 1 rings (SSSR count). The van der Waals surface area contributed by atoms with Gasteiger partial charge in [-0.1, -0.05) is 31.5 Å². The SMILES string of the molecule is CC(C)(CCO)CNC(=O)Cc1c(F)cccc1Cl. The second-order valence-electron chi connectivity index (χ2n) is 5.29. The Morgan fingerprint density at radius 1 is 1.47 bits per heavy atom. The summed E-state index contributed by atoms with van der Waals surface area (Å²) < 4.78 is 13.5. The van der Waals surface area contributed by atoms with Crippen LogP contribution < -0.4 is 5.32 Å². The van der Waals surface area contributed by atoms with Gasteiger partial charge in [0, 0.05) is 23.7 Å². The molecule has 19 heavy (non-hydrogen) atoms. The molecule has 0 unspecified atom stereocenters. The van der Waals surface area contributed by atoms with Crippen LogP contribution >= 0.6 is 11.6 Å². The van der Waals surface area contributed by atoms with E-state index in [2.05, 4.69) is 5.32 Å². The number of aliphatic hydroxyl groups is 1. The number of aliphatic hydroxyl groups excluding tert-OH is 1. The Balaban J connectivity index is 2.57. The van der Waals surface area contributed by atoms with Gasteiger partial charge in [-0.25, -0.2) is 4.39 Å². The van der Waals surface area contributed by atoms with Gasteiger partial charge < -0.3 is 10.4 Å². The van der Waals surface area contributed by atoms with E-state index in [1.54, 1.807) is 6.07 Å². The minimum absolute atomic E-state index is 0.0714. The predicted octanol–water partition coefficient (Wildman–Crippen LogP) is 2.55. The molecule has 0 heterocycles. The van der Waals surface area contributed by atoms with E-state index < -0.39 is 5.82 Å². The monoisotopic (exact) mass is 287 g/mol. The largest absolute Gasteiger partial charge is 0.396 e. The summed E-state index contributed by atoms with van der Waals surface area (Å²) in [5.74, 6) is -0.754. The molecule has 5 heteroatoms. The van der Waals surface area contributed by atoms with Crippen molar-refractivity contribution in [2.24, 2.45) is 5.41 Å². The lowest BCUT2D eigenvalue weighted by atomic mass is 9.89. The molecule has 1 aromatic carbocycles. The van der Waals surface area contributed by atoms with Gasteiger partial charge in [0.25, 0.3) is 0 Å². The van der Waals surface area contributed by atoms with Crippen LogP contribution in [0.25, 0.3) is 0 Å². The maximum absolute atomic E-state index is 13.5. The molecule has 0 aliphatic heterocycles. The third-order valence-corrected chi connectivity index (χ3v) is 3.31. The Morgan fingerprint density at radius 2 is 2.16 bits per heavy atom. The molecule has 0 saturated heterocycles. The molecular weight excluding hydrogens is 269 g/mol. The van der Waals surface area contributed by atoms with Gasteiger partial charge in [0.1, 0.15) is 5.82 Å². The van der Waals surface area contributed by atoms with Crippen LogP contribution in [0, 0.1) is 11.2 Å². The summed E-state index contributed by atoms with van der Waals surface area (Å²) in [6.45, 7) is 4.39. The topological polar surface area (TPSA) is 49.3 Å². The average molecular weight is 288 g/mol. The highest BCUT2D eigenvalue weighted by atomic mass is 35.5. The number of carbonyl (C=O) groups excluding carboxylic acids is 1. The zero-order valence-corrected chi connectivity index (χ0v) is 11.9. The molecule has 3 nitrogen and oxygen atoms in total. The molecule has 106 valence electrons. The van der Waals surface area contributed by atoms with Crippen LogP contribution in [0.1, 0.15) is 25.8 Å². The van der Waals surface area contributed by atoms with Crippen molar-refractivity contribution in [2.75, 3.05) is 13.2 Å². The van der Waals surface area contributed by atoms with Gasteiger partial charge in [-0.05, 0) is 24.0 Å². The molecule has 0 atom stereocenters. The number of hydrogen-bond acceptors (Lipinski definition) is 2. The summed E-state index contributed by atoms with van der Waals surface area (Å²) >= 11 is 5.86. The molecule has 1 aromatic rings. The number of hydrogen-bond donors (Lipinski definition) is 2. The zero-order chi connectivity index (χ0) is 14.5. The van der Waals surface area contributed by atoms with Crippen molar-refractivity contribution in [3.63, 3.8) is 0 Å². The fraction of sp³-hybridized carbons (Fsp3) is 0.500. The molecule has 0 aromatic heterocycles. The van der Waals surface area contributed by atoms with Crippen molar-refractivity contribution in [1.29, 1.82) is 0 Å². The molecule has 0 fully saturated rings. The molecule has 0 saturated carbocycles. The van der Waals surface area contributed by atoms with E-state index in [9.17, 15) is 9.18 Å². The van der Waals surface area contributed by atoms with Crippen molar-refractivity contribution < 1.29 is 14.3 Å².